The minimum Gasteiger partial charge on any atom is -0.326 e. The van der Waals surface area contributed by atoms with Crippen molar-refractivity contribution < 1.29 is 4.39 Å². The summed E-state index contributed by atoms with van der Waals surface area (Å²) >= 11 is 1.71. The van der Waals surface area contributed by atoms with Gasteiger partial charge in [0.2, 0.25) is 0 Å². The molecule has 0 saturated carbocycles. The summed E-state index contributed by atoms with van der Waals surface area (Å²) in [6.07, 6.45) is 0.860. The fourth-order valence-corrected chi connectivity index (χ4v) is 3.57. The smallest absolute Gasteiger partial charge is 0.123 e. The van der Waals surface area contributed by atoms with Gasteiger partial charge in [-0.1, -0.05) is 25.1 Å². The molecule has 0 fully saturated rings. The Morgan fingerprint density at radius 3 is 2.48 bits per heavy atom. The first kappa shape index (κ1) is 16.1. The fourth-order valence-electron chi connectivity index (χ4n) is 2.23. The van der Waals surface area contributed by atoms with E-state index in [0.717, 1.165) is 12.0 Å². The molecule has 0 aliphatic heterocycles. The average Bonchev–Trinajstić information content (AvgIpc) is 2.47. The Hall–Kier alpha value is -1.32. The third kappa shape index (κ3) is 4.08. The monoisotopic (exact) mass is 303 g/mol. The van der Waals surface area contributed by atoms with Gasteiger partial charge in [-0.2, -0.15) is 0 Å². The molecule has 0 amide bonds. The highest BCUT2D eigenvalue weighted by molar-refractivity contribution is 7.99. The van der Waals surface area contributed by atoms with Crippen LogP contribution in [0.15, 0.2) is 47.4 Å². The summed E-state index contributed by atoms with van der Waals surface area (Å²) in [7, 11) is 0. The number of thioether (sulfide) groups is 1. The van der Waals surface area contributed by atoms with Gasteiger partial charge in [-0.25, -0.2) is 4.39 Å². The molecule has 0 heterocycles. The second-order valence-corrected chi connectivity index (χ2v) is 6.63. The van der Waals surface area contributed by atoms with Crippen LogP contribution in [0.3, 0.4) is 0 Å². The van der Waals surface area contributed by atoms with Gasteiger partial charge >= 0.3 is 0 Å². The van der Waals surface area contributed by atoms with Crippen LogP contribution >= 0.6 is 11.8 Å². The highest BCUT2D eigenvalue weighted by Crippen LogP contribution is 2.38. The lowest BCUT2D eigenvalue weighted by atomic mass is 10.0. The highest BCUT2D eigenvalue weighted by Gasteiger charge is 2.20. The lowest BCUT2D eigenvalue weighted by Gasteiger charge is -2.23. The van der Waals surface area contributed by atoms with Gasteiger partial charge in [0.05, 0.1) is 0 Å². The number of hydrogen-bond donors (Lipinski definition) is 1. The van der Waals surface area contributed by atoms with E-state index in [1.54, 1.807) is 23.9 Å². The van der Waals surface area contributed by atoms with E-state index < -0.39 is 0 Å². The third-order valence-electron chi connectivity index (χ3n) is 3.78. The summed E-state index contributed by atoms with van der Waals surface area (Å²) in [5, 5.41) is 0.0628. The molecule has 0 aliphatic rings. The minimum atomic E-state index is -0.207. The number of benzene rings is 2. The van der Waals surface area contributed by atoms with Gasteiger partial charge in [-0.05, 0) is 61.2 Å². The van der Waals surface area contributed by atoms with Gasteiger partial charge in [-0.15, -0.1) is 11.8 Å². The molecular formula is C18H22FNS. The summed E-state index contributed by atoms with van der Waals surface area (Å²) in [5.41, 5.74) is 9.77. The molecule has 112 valence electrons. The summed E-state index contributed by atoms with van der Waals surface area (Å²) in [6, 6.07) is 13.2. The van der Waals surface area contributed by atoms with Crippen LogP contribution in [0, 0.1) is 19.7 Å². The quantitative estimate of drug-likeness (QED) is 0.785. The molecule has 2 rings (SSSR count). The van der Waals surface area contributed by atoms with Crippen molar-refractivity contribution in [3.05, 3.63) is 65.0 Å². The number of rotatable bonds is 5. The molecule has 2 aromatic carbocycles. The zero-order valence-corrected chi connectivity index (χ0v) is 13.6. The Morgan fingerprint density at radius 1 is 1.10 bits per heavy atom. The second-order valence-electron chi connectivity index (χ2n) is 5.41. The SMILES string of the molecule is CCC(N)C(Sc1ccc(C)c(C)c1)c1cccc(F)c1. The predicted molar refractivity (Wildman–Crippen MR) is 89.2 cm³/mol. The van der Waals surface area contributed by atoms with Crippen molar-refractivity contribution in [1.82, 2.24) is 0 Å². The van der Waals surface area contributed by atoms with Gasteiger partial charge in [0, 0.05) is 16.2 Å². The Bertz CT molecular complexity index is 612. The zero-order chi connectivity index (χ0) is 15.4. The maximum atomic E-state index is 13.5. The van der Waals surface area contributed by atoms with Crippen LogP contribution in [-0.2, 0) is 0 Å². The molecule has 0 aliphatic carbocycles. The van der Waals surface area contributed by atoms with Crippen molar-refractivity contribution in [3.8, 4) is 0 Å². The Morgan fingerprint density at radius 2 is 1.86 bits per heavy atom. The zero-order valence-electron chi connectivity index (χ0n) is 12.8. The van der Waals surface area contributed by atoms with E-state index in [1.165, 1.54) is 22.1 Å². The van der Waals surface area contributed by atoms with Gasteiger partial charge in [0.25, 0.3) is 0 Å². The molecule has 0 aromatic heterocycles. The van der Waals surface area contributed by atoms with E-state index in [9.17, 15) is 4.39 Å². The molecule has 3 heteroatoms. The summed E-state index contributed by atoms with van der Waals surface area (Å²) in [4.78, 5) is 1.18. The molecule has 21 heavy (non-hydrogen) atoms. The highest BCUT2D eigenvalue weighted by atomic mass is 32.2. The van der Waals surface area contributed by atoms with Crippen LogP contribution in [0.5, 0.6) is 0 Å². The maximum absolute atomic E-state index is 13.5. The minimum absolute atomic E-state index is 0.00147. The van der Waals surface area contributed by atoms with Crippen molar-refractivity contribution >= 4 is 11.8 Å². The Balaban J connectivity index is 2.30. The summed E-state index contributed by atoms with van der Waals surface area (Å²) in [6.45, 7) is 6.28. The maximum Gasteiger partial charge on any atom is 0.123 e. The van der Waals surface area contributed by atoms with Crippen molar-refractivity contribution in [2.75, 3.05) is 0 Å². The van der Waals surface area contributed by atoms with Crippen LogP contribution in [-0.4, -0.2) is 6.04 Å². The van der Waals surface area contributed by atoms with E-state index in [-0.39, 0.29) is 17.1 Å². The van der Waals surface area contributed by atoms with E-state index >= 15 is 0 Å². The molecule has 0 saturated heterocycles. The lowest BCUT2D eigenvalue weighted by molar-refractivity contribution is 0.610. The fraction of sp³-hybridized carbons (Fsp3) is 0.333. The number of hydrogen-bond acceptors (Lipinski definition) is 2. The topological polar surface area (TPSA) is 26.0 Å². The van der Waals surface area contributed by atoms with Crippen molar-refractivity contribution in [3.63, 3.8) is 0 Å². The van der Waals surface area contributed by atoms with E-state index in [4.69, 9.17) is 5.73 Å². The molecule has 0 spiro atoms. The molecule has 2 unspecified atom stereocenters. The van der Waals surface area contributed by atoms with Crippen LogP contribution in [0.25, 0.3) is 0 Å². The van der Waals surface area contributed by atoms with E-state index in [1.807, 2.05) is 6.07 Å². The van der Waals surface area contributed by atoms with Crippen molar-refractivity contribution in [2.45, 2.75) is 43.4 Å². The first-order valence-corrected chi connectivity index (χ1v) is 8.14. The number of aryl methyl sites for hydroxylation is 2. The van der Waals surface area contributed by atoms with Crippen LogP contribution in [0.4, 0.5) is 4.39 Å². The molecule has 2 atom stereocenters. The van der Waals surface area contributed by atoms with Gasteiger partial charge in [0.15, 0.2) is 0 Å². The van der Waals surface area contributed by atoms with Crippen LogP contribution in [0.1, 0.15) is 35.3 Å². The molecule has 2 aromatic rings. The number of halogens is 1. The van der Waals surface area contributed by atoms with Crippen LogP contribution in [0.2, 0.25) is 0 Å². The van der Waals surface area contributed by atoms with E-state index in [0.29, 0.717) is 0 Å². The Kier molecular flexibility index (Phi) is 5.43. The van der Waals surface area contributed by atoms with Crippen molar-refractivity contribution in [2.24, 2.45) is 5.73 Å². The third-order valence-corrected chi connectivity index (χ3v) is 5.18. The summed E-state index contributed by atoms with van der Waals surface area (Å²) in [5.74, 6) is -0.207. The standard InChI is InChI=1S/C18H22FNS/c1-4-17(20)18(14-6-5-7-15(19)11-14)21-16-9-8-12(2)13(3)10-16/h5-11,17-18H,4,20H2,1-3H3. The predicted octanol–water partition coefficient (Wildman–Crippen LogP) is 5.01. The average molecular weight is 303 g/mol. The normalized spacial score (nSPS) is 14.0. The summed E-state index contributed by atoms with van der Waals surface area (Å²) < 4.78 is 13.5. The molecular weight excluding hydrogens is 281 g/mol. The second kappa shape index (κ2) is 7.10. The van der Waals surface area contributed by atoms with Crippen molar-refractivity contribution in [1.29, 1.82) is 0 Å². The van der Waals surface area contributed by atoms with Gasteiger partial charge in [0.1, 0.15) is 5.82 Å². The van der Waals surface area contributed by atoms with Gasteiger partial charge < -0.3 is 5.73 Å². The molecule has 0 bridgehead atoms. The van der Waals surface area contributed by atoms with E-state index in [2.05, 4.69) is 39.0 Å². The molecule has 1 nitrogen and oxygen atoms in total. The lowest BCUT2D eigenvalue weighted by Crippen LogP contribution is -2.25. The Labute approximate surface area is 130 Å². The largest absolute Gasteiger partial charge is 0.326 e. The van der Waals surface area contributed by atoms with Gasteiger partial charge in [-0.3, -0.25) is 0 Å². The van der Waals surface area contributed by atoms with Crippen LogP contribution < -0.4 is 5.73 Å². The molecule has 0 radical (unpaired) electrons. The molecule has 2 N–H and O–H groups in total. The first-order valence-electron chi connectivity index (χ1n) is 7.26. The number of nitrogens with two attached hydrogens (primary N) is 1. The first-order chi connectivity index (χ1) is 10.0.